The molecule has 2 N–H and O–H groups in total. The number of carbonyl (C=O) groups is 1. The molecule has 1 aliphatic rings. The minimum atomic E-state index is -0.875. The predicted octanol–water partition coefficient (Wildman–Crippen LogP) is 4.00. The fourth-order valence-corrected chi connectivity index (χ4v) is 2.85. The van der Waals surface area contributed by atoms with Crippen LogP contribution in [0.4, 0.5) is 0 Å². The summed E-state index contributed by atoms with van der Waals surface area (Å²) in [4.78, 5) is 10.8. The summed E-state index contributed by atoms with van der Waals surface area (Å²) in [5.74, 6) is -0.875. The van der Waals surface area contributed by atoms with E-state index in [0.29, 0.717) is 5.56 Å². The van der Waals surface area contributed by atoms with Gasteiger partial charge >= 0.3 is 5.97 Å². The van der Waals surface area contributed by atoms with Gasteiger partial charge in [0.05, 0.1) is 5.56 Å². The van der Waals surface area contributed by atoms with E-state index in [4.69, 9.17) is 5.11 Å². The highest BCUT2D eigenvalue weighted by atomic mass is 16.4. The number of aromatic carboxylic acids is 1. The maximum absolute atomic E-state index is 10.8. The van der Waals surface area contributed by atoms with Gasteiger partial charge in [0, 0.05) is 13.1 Å². The smallest absolute Gasteiger partial charge is 0.335 e. The Morgan fingerprint density at radius 2 is 1.95 bits per heavy atom. The first-order valence-electron chi connectivity index (χ1n) is 7.71. The van der Waals surface area contributed by atoms with E-state index in [9.17, 15) is 4.79 Å². The van der Waals surface area contributed by atoms with E-state index in [1.54, 1.807) is 17.7 Å². The lowest BCUT2D eigenvalue weighted by Crippen LogP contribution is -2.31. The lowest BCUT2D eigenvalue weighted by molar-refractivity contribution is 0.0697. The van der Waals surface area contributed by atoms with E-state index in [-0.39, 0.29) is 5.41 Å². The molecule has 0 fully saturated rings. The largest absolute Gasteiger partial charge is 0.478 e. The Kier molecular flexibility index (Phi) is 5.18. The molecule has 2 rings (SSSR count). The summed E-state index contributed by atoms with van der Waals surface area (Å²) in [6.07, 6.45) is 7.49. The number of hydrogen-bond acceptors (Lipinski definition) is 2. The van der Waals surface area contributed by atoms with Gasteiger partial charge in [0.25, 0.3) is 0 Å². The molecule has 0 unspecified atom stereocenters. The molecule has 114 valence electrons. The van der Waals surface area contributed by atoms with Crippen LogP contribution in [0.15, 0.2) is 35.9 Å². The van der Waals surface area contributed by atoms with Crippen LogP contribution in [0.25, 0.3) is 0 Å². The quantitative estimate of drug-likeness (QED) is 0.777. The van der Waals surface area contributed by atoms with Gasteiger partial charge in [0.2, 0.25) is 0 Å². The number of nitrogens with one attached hydrogen (secondary N) is 1. The van der Waals surface area contributed by atoms with Gasteiger partial charge in [-0.2, -0.15) is 0 Å². The highest BCUT2D eigenvalue weighted by molar-refractivity contribution is 5.87. The highest BCUT2D eigenvalue weighted by Crippen LogP contribution is 2.33. The second kappa shape index (κ2) is 6.90. The molecule has 0 amide bonds. The third kappa shape index (κ3) is 4.43. The van der Waals surface area contributed by atoms with Gasteiger partial charge in [-0.05, 0) is 48.8 Å². The molecule has 21 heavy (non-hydrogen) atoms. The van der Waals surface area contributed by atoms with Crippen LogP contribution < -0.4 is 5.32 Å². The summed E-state index contributed by atoms with van der Waals surface area (Å²) in [5, 5.41) is 12.4. The molecule has 0 radical (unpaired) electrons. The molecule has 0 bridgehead atoms. The number of hydrogen-bond donors (Lipinski definition) is 2. The second-order valence-corrected chi connectivity index (χ2v) is 6.46. The summed E-state index contributed by atoms with van der Waals surface area (Å²) in [6.45, 7) is 6.31. The Balaban J connectivity index is 1.85. The second-order valence-electron chi connectivity index (χ2n) is 6.46. The molecule has 0 atom stereocenters. The number of rotatable bonds is 6. The first kappa shape index (κ1) is 15.8. The highest BCUT2D eigenvalue weighted by Gasteiger charge is 2.23. The molecule has 0 aromatic heterocycles. The molecule has 1 aromatic carbocycles. The van der Waals surface area contributed by atoms with E-state index in [0.717, 1.165) is 18.7 Å². The van der Waals surface area contributed by atoms with E-state index in [1.165, 1.54) is 25.7 Å². The number of benzene rings is 1. The van der Waals surface area contributed by atoms with Crippen molar-refractivity contribution in [1.29, 1.82) is 0 Å². The first-order chi connectivity index (χ1) is 9.99. The van der Waals surface area contributed by atoms with E-state index < -0.39 is 5.97 Å². The Bertz CT molecular complexity index is 515. The maximum Gasteiger partial charge on any atom is 0.335 e. The van der Waals surface area contributed by atoms with Crippen LogP contribution in [0, 0.1) is 5.41 Å². The third-order valence-corrected chi connectivity index (χ3v) is 4.26. The van der Waals surface area contributed by atoms with E-state index in [1.807, 2.05) is 12.1 Å². The lowest BCUT2D eigenvalue weighted by Gasteiger charge is -2.31. The van der Waals surface area contributed by atoms with Gasteiger partial charge in [-0.1, -0.05) is 37.6 Å². The number of allylic oxidation sites excluding steroid dienone is 1. The SMILES string of the molecule is CC(C)(CNCc1ccc(C(=O)O)cc1)C1=CCCCC1. The van der Waals surface area contributed by atoms with Crippen molar-refractivity contribution >= 4 is 5.97 Å². The van der Waals surface area contributed by atoms with Gasteiger partial charge in [0.1, 0.15) is 0 Å². The molecule has 0 heterocycles. The van der Waals surface area contributed by atoms with Gasteiger partial charge in [-0.25, -0.2) is 4.79 Å². The van der Waals surface area contributed by atoms with Crippen molar-refractivity contribution in [3.63, 3.8) is 0 Å². The van der Waals surface area contributed by atoms with Crippen LogP contribution in [0.5, 0.6) is 0 Å². The Morgan fingerprint density at radius 1 is 1.24 bits per heavy atom. The van der Waals surface area contributed by atoms with Crippen molar-refractivity contribution in [3.8, 4) is 0 Å². The zero-order valence-electron chi connectivity index (χ0n) is 13.0. The summed E-state index contributed by atoms with van der Waals surface area (Å²) >= 11 is 0. The molecule has 3 heteroatoms. The Morgan fingerprint density at radius 3 is 2.52 bits per heavy atom. The molecule has 0 saturated carbocycles. The topological polar surface area (TPSA) is 49.3 Å². The Labute approximate surface area is 127 Å². The van der Waals surface area contributed by atoms with Gasteiger partial charge in [-0.15, -0.1) is 0 Å². The van der Waals surface area contributed by atoms with E-state index in [2.05, 4.69) is 25.2 Å². The molecular formula is C18H25NO2. The van der Waals surface area contributed by atoms with Crippen LogP contribution in [-0.2, 0) is 6.54 Å². The predicted molar refractivity (Wildman–Crippen MR) is 85.4 cm³/mol. The first-order valence-corrected chi connectivity index (χ1v) is 7.71. The minimum Gasteiger partial charge on any atom is -0.478 e. The van der Waals surface area contributed by atoms with Crippen molar-refractivity contribution in [3.05, 3.63) is 47.0 Å². The van der Waals surface area contributed by atoms with Crippen LogP contribution in [0.1, 0.15) is 55.5 Å². The minimum absolute atomic E-state index is 0.196. The normalized spacial score (nSPS) is 15.6. The average Bonchev–Trinajstić information content (AvgIpc) is 2.48. The number of carboxylic acid groups (broad SMARTS) is 1. The van der Waals surface area contributed by atoms with Crippen molar-refractivity contribution < 1.29 is 9.90 Å². The summed E-state index contributed by atoms with van der Waals surface area (Å²) in [6, 6.07) is 7.08. The number of carboxylic acids is 1. The third-order valence-electron chi connectivity index (χ3n) is 4.26. The van der Waals surface area contributed by atoms with E-state index >= 15 is 0 Å². The monoisotopic (exact) mass is 287 g/mol. The summed E-state index contributed by atoms with van der Waals surface area (Å²) < 4.78 is 0. The molecule has 1 aromatic rings. The van der Waals surface area contributed by atoms with Crippen molar-refractivity contribution in [1.82, 2.24) is 5.32 Å². The van der Waals surface area contributed by atoms with Gasteiger partial charge in [-0.3, -0.25) is 0 Å². The summed E-state index contributed by atoms with van der Waals surface area (Å²) in [5.41, 5.74) is 3.23. The lowest BCUT2D eigenvalue weighted by atomic mass is 9.78. The standard InChI is InChI=1S/C18H25NO2/c1-18(2,16-6-4-3-5-7-16)13-19-12-14-8-10-15(11-9-14)17(20)21/h6,8-11,19H,3-5,7,12-13H2,1-2H3,(H,20,21). The summed E-state index contributed by atoms with van der Waals surface area (Å²) in [7, 11) is 0. The maximum atomic E-state index is 10.8. The average molecular weight is 287 g/mol. The van der Waals surface area contributed by atoms with Crippen LogP contribution >= 0.6 is 0 Å². The van der Waals surface area contributed by atoms with Gasteiger partial charge < -0.3 is 10.4 Å². The van der Waals surface area contributed by atoms with Gasteiger partial charge in [0.15, 0.2) is 0 Å². The van der Waals surface area contributed by atoms with Crippen molar-refractivity contribution in [2.45, 2.75) is 46.1 Å². The molecular weight excluding hydrogens is 262 g/mol. The zero-order chi connectivity index (χ0) is 15.3. The van der Waals surface area contributed by atoms with Crippen LogP contribution in [0.2, 0.25) is 0 Å². The molecule has 0 saturated heterocycles. The molecule has 3 nitrogen and oxygen atoms in total. The zero-order valence-corrected chi connectivity index (χ0v) is 13.0. The molecule has 0 aliphatic heterocycles. The fraction of sp³-hybridized carbons (Fsp3) is 0.500. The Hall–Kier alpha value is -1.61. The van der Waals surface area contributed by atoms with Crippen molar-refractivity contribution in [2.75, 3.05) is 6.54 Å². The van der Waals surface area contributed by atoms with Crippen LogP contribution in [-0.4, -0.2) is 17.6 Å². The molecule has 1 aliphatic carbocycles. The van der Waals surface area contributed by atoms with Crippen molar-refractivity contribution in [2.24, 2.45) is 5.41 Å². The van der Waals surface area contributed by atoms with Crippen LogP contribution in [0.3, 0.4) is 0 Å². The fourth-order valence-electron chi connectivity index (χ4n) is 2.85. The molecule has 0 spiro atoms.